The Morgan fingerprint density at radius 2 is 1.60 bits per heavy atom. The van der Waals surface area contributed by atoms with Crippen LogP contribution in [0, 0.1) is 11.7 Å². The lowest BCUT2D eigenvalue weighted by Gasteiger charge is -2.33. The van der Waals surface area contributed by atoms with Gasteiger partial charge in [-0.1, -0.05) is 42.3 Å². The van der Waals surface area contributed by atoms with Crippen molar-refractivity contribution in [3.05, 3.63) is 93.2 Å². The Hall–Kier alpha value is -3.09. The standard InChI is InChI=1S/C27H26Cl2FN3O2/c1-17-8-10-33(11-9-17)25-7-6-23(32-26(34)19-12-20(28)14-21(29)13-19)15-24(25)27(35)31-16-18-2-4-22(30)5-3-18/h2-7,12-15,17H,8-11,16H2,1H3,(H,31,35)(H,32,34). The number of amides is 2. The van der Waals surface area contributed by atoms with Crippen molar-refractivity contribution in [3.63, 3.8) is 0 Å². The molecule has 0 radical (unpaired) electrons. The van der Waals surface area contributed by atoms with Crippen molar-refractivity contribution in [1.29, 1.82) is 0 Å². The van der Waals surface area contributed by atoms with Crippen molar-refractivity contribution < 1.29 is 14.0 Å². The summed E-state index contributed by atoms with van der Waals surface area (Å²) in [6.07, 6.45) is 2.09. The molecule has 0 unspecified atom stereocenters. The van der Waals surface area contributed by atoms with Crippen LogP contribution in [0.15, 0.2) is 60.7 Å². The van der Waals surface area contributed by atoms with Crippen LogP contribution in [0.5, 0.6) is 0 Å². The average Bonchev–Trinajstić information content (AvgIpc) is 2.83. The highest BCUT2D eigenvalue weighted by atomic mass is 35.5. The number of piperidine rings is 1. The molecule has 1 aliphatic rings. The van der Waals surface area contributed by atoms with Gasteiger partial charge >= 0.3 is 0 Å². The summed E-state index contributed by atoms with van der Waals surface area (Å²) in [6.45, 7) is 4.19. The Kier molecular flexibility index (Phi) is 7.93. The highest BCUT2D eigenvalue weighted by Crippen LogP contribution is 2.29. The lowest BCUT2D eigenvalue weighted by atomic mass is 9.97. The molecule has 3 aromatic rings. The lowest BCUT2D eigenvalue weighted by molar-refractivity contribution is 0.0950. The van der Waals surface area contributed by atoms with Gasteiger partial charge in [0.15, 0.2) is 0 Å². The summed E-state index contributed by atoms with van der Waals surface area (Å²) >= 11 is 12.1. The van der Waals surface area contributed by atoms with Gasteiger partial charge in [-0.2, -0.15) is 0 Å². The van der Waals surface area contributed by atoms with E-state index in [1.807, 2.05) is 6.07 Å². The Labute approximate surface area is 214 Å². The number of carbonyl (C=O) groups is 2. The van der Waals surface area contributed by atoms with E-state index >= 15 is 0 Å². The molecule has 1 fully saturated rings. The average molecular weight is 514 g/mol. The van der Waals surface area contributed by atoms with Gasteiger partial charge in [0.25, 0.3) is 11.8 Å². The van der Waals surface area contributed by atoms with E-state index < -0.39 is 0 Å². The quantitative estimate of drug-likeness (QED) is 0.392. The first-order chi connectivity index (χ1) is 16.8. The zero-order chi connectivity index (χ0) is 24.9. The fourth-order valence-corrected chi connectivity index (χ4v) is 4.61. The first-order valence-corrected chi connectivity index (χ1v) is 12.2. The number of carbonyl (C=O) groups excluding carboxylic acids is 2. The Morgan fingerprint density at radius 3 is 2.26 bits per heavy atom. The molecule has 35 heavy (non-hydrogen) atoms. The van der Waals surface area contributed by atoms with Crippen LogP contribution >= 0.6 is 23.2 Å². The molecule has 0 saturated carbocycles. The van der Waals surface area contributed by atoms with E-state index in [0.29, 0.717) is 32.8 Å². The van der Waals surface area contributed by atoms with Gasteiger partial charge in [0.1, 0.15) is 5.82 Å². The van der Waals surface area contributed by atoms with Gasteiger partial charge in [-0.15, -0.1) is 0 Å². The summed E-state index contributed by atoms with van der Waals surface area (Å²) in [5.41, 5.74) is 2.86. The summed E-state index contributed by atoms with van der Waals surface area (Å²) in [6, 6.07) is 15.9. The molecule has 2 amide bonds. The second kappa shape index (κ2) is 11.1. The summed E-state index contributed by atoms with van der Waals surface area (Å²) in [5, 5.41) is 6.46. The third kappa shape index (κ3) is 6.53. The van der Waals surface area contributed by atoms with Crippen molar-refractivity contribution in [2.24, 2.45) is 5.92 Å². The van der Waals surface area contributed by atoms with Crippen LogP contribution in [0.2, 0.25) is 10.0 Å². The minimum Gasteiger partial charge on any atom is -0.371 e. The maximum absolute atomic E-state index is 13.3. The number of benzene rings is 3. The molecule has 1 heterocycles. The van der Waals surface area contributed by atoms with E-state index in [4.69, 9.17) is 23.2 Å². The molecule has 4 rings (SSSR count). The van der Waals surface area contributed by atoms with E-state index in [-0.39, 0.29) is 24.2 Å². The van der Waals surface area contributed by atoms with Gasteiger partial charge in [0.05, 0.1) is 5.56 Å². The molecule has 8 heteroatoms. The predicted molar refractivity (Wildman–Crippen MR) is 139 cm³/mol. The van der Waals surface area contributed by atoms with Crippen LogP contribution < -0.4 is 15.5 Å². The molecule has 2 N–H and O–H groups in total. The van der Waals surface area contributed by atoms with Crippen LogP contribution in [-0.2, 0) is 6.54 Å². The maximum atomic E-state index is 13.3. The monoisotopic (exact) mass is 513 g/mol. The van der Waals surface area contributed by atoms with Crippen molar-refractivity contribution >= 4 is 46.4 Å². The molecule has 0 aromatic heterocycles. The molecule has 5 nitrogen and oxygen atoms in total. The fraction of sp³-hybridized carbons (Fsp3) is 0.259. The molecule has 0 aliphatic carbocycles. The Bertz CT molecular complexity index is 1210. The summed E-state index contributed by atoms with van der Waals surface area (Å²) in [7, 11) is 0. The van der Waals surface area contributed by atoms with E-state index in [1.54, 1.807) is 30.3 Å². The highest BCUT2D eigenvalue weighted by Gasteiger charge is 2.22. The molecule has 0 spiro atoms. The minimum absolute atomic E-state index is 0.257. The first-order valence-electron chi connectivity index (χ1n) is 11.5. The Balaban J connectivity index is 1.57. The number of rotatable bonds is 6. The van der Waals surface area contributed by atoms with Gasteiger partial charge < -0.3 is 15.5 Å². The van der Waals surface area contributed by atoms with Crippen molar-refractivity contribution in [3.8, 4) is 0 Å². The largest absolute Gasteiger partial charge is 0.371 e. The molecule has 0 atom stereocenters. The van der Waals surface area contributed by atoms with Gasteiger partial charge in [0.2, 0.25) is 0 Å². The van der Waals surface area contributed by atoms with Crippen LogP contribution in [-0.4, -0.2) is 24.9 Å². The first kappa shape index (κ1) is 25.0. The number of nitrogens with zero attached hydrogens (tertiary/aromatic N) is 1. The predicted octanol–water partition coefficient (Wildman–Crippen LogP) is 6.55. The topological polar surface area (TPSA) is 61.4 Å². The lowest BCUT2D eigenvalue weighted by Crippen LogP contribution is -2.35. The van der Waals surface area contributed by atoms with Crippen molar-refractivity contribution in [2.75, 3.05) is 23.3 Å². The van der Waals surface area contributed by atoms with Gasteiger partial charge in [-0.25, -0.2) is 4.39 Å². The third-order valence-corrected chi connectivity index (χ3v) is 6.55. The number of nitrogens with one attached hydrogen (secondary N) is 2. The number of halogens is 3. The molecule has 3 aromatic carbocycles. The van der Waals surface area contributed by atoms with Crippen molar-refractivity contribution in [1.82, 2.24) is 5.32 Å². The van der Waals surface area contributed by atoms with E-state index in [2.05, 4.69) is 22.5 Å². The normalized spacial score (nSPS) is 14.0. The second-order valence-electron chi connectivity index (χ2n) is 8.82. The van der Waals surface area contributed by atoms with Crippen LogP contribution in [0.1, 0.15) is 46.0 Å². The second-order valence-corrected chi connectivity index (χ2v) is 9.70. The summed E-state index contributed by atoms with van der Waals surface area (Å²) < 4.78 is 13.2. The molecule has 182 valence electrons. The van der Waals surface area contributed by atoms with E-state index in [0.717, 1.165) is 37.2 Å². The highest BCUT2D eigenvalue weighted by molar-refractivity contribution is 6.35. The van der Waals surface area contributed by atoms with Crippen LogP contribution in [0.3, 0.4) is 0 Å². The maximum Gasteiger partial charge on any atom is 0.255 e. The Morgan fingerprint density at radius 1 is 0.943 bits per heavy atom. The van der Waals surface area contributed by atoms with E-state index in [9.17, 15) is 14.0 Å². The SMILES string of the molecule is CC1CCN(c2ccc(NC(=O)c3cc(Cl)cc(Cl)c3)cc2C(=O)NCc2ccc(F)cc2)CC1. The molecular weight excluding hydrogens is 488 g/mol. The minimum atomic E-state index is -0.383. The number of hydrogen-bond donors (Lipinski definition) is 2. The van der Waals surface area contributed by atoms with Crippen LogP contribution in [0.25, 0.3) is 0 Å². The van der Waals surface area contributed by atoms with Gasteiger partial charge in [-0.3, -0.25) is 9.59 Å². The summed E-state index contributed by atoms with van der Waals surface area (Å²) in [4.78, 5) is 28.2. The van der Waals surface area contributed by atoms with Crippen LogP contribution in [0.4, 0.5) is 15.8 Å². The molecule has 0 bridgehead atoms. The smallest absolute Gasteiger partial charge is 0.255 e. The molecule has 1 aliphatic heterocycles. The van der Waals surface area contributed by atoms with Gasteiger partial charge in [-0.05, 0) is 72.9 Å². The zero-order valence-electron chi connectivity index (χ0n) is 19.3. The number of hydrogen-bond acceptors (Lipinski definition) is 3. The number of anilines is 2. The van der Waals surface area contributed by atoms with Crippen molar-refractivity contribution in [2.45, 2.75) is 26.3 Å². The summed E-state index contributed by atoms with van der Waals surface area (Å²) in [5.74, 6) is -0.340. The zero-order valence-corrected chi connectivity index (χ0v) is 20.8. The fourth-order valence-electron chi connectivity index (χ4n) is 4.09. The molecular formula is C27H26Cl2FN3O2. The van der Waals surface area contributed by atoms with E-state index in [1.165, 1.54) is 24.3 Å². The molecule has 1 saturated heterocycles. The van der Waals surface area contributed by atoms with Gasteiger partial charge in [0, 0.05) is 46.6 Å². The third-order valence-electron chi connectivity index (χ3n) is 6.11.